The number of ether oxygens (including phenoxy) is 1. The zero-order valence-corrected chi connectivity index (χ0v) is 10.3. The summed E-state index contributed by atoms with van der Waals surface area (Å²) in [6.45, 7) is 0.637. The summed E-state index contributed by atoms with van der Waals surface area (Å²) in [6.07, 6.45) is 5.66. The molecule has 0 aliphatic heterocycles. The highest BCUT2D eigenvalue weighted by atomic mass is 16.5. The SMILES string of the molecule is O=C1C=CC(O)(CCCCOc2ccccc2)C1. The summed E-state index contributed by atoms with van der Waals surface area (Å²) in [5.74, 6) is 0.880. The number of aliphatic hydroxyl groups is 1. The number of hydrogen-bond donors (Lipinski definition) is 1. The van der Waals surface area contributed by atoms with Gasteiger partial charge in [-0.05, 0) is 43.5 Å². The van der Waals surface area contributed by atoms with Crippen LogP contribution in [0.4, 0.5) is 0 Å². The molecule has 18 heavy (non-hydrogen) atoms. The fourth-order valence-corrected chi connectivity index (χ4v) is 2.08. The van der Waals surface area contributed by atoms with Gasteiger partial charge in [0.05, 0.1) is 12.2 Å². The largest absolute Gasteiger partial charge is 0.494 e. The molecule has 3 heteroatoms. The Morgan fingerprint density at radius 1 is 1.22 bits per heavy atom. The Kier molecular flexibility index (Phi) is 4.15. The van der Waals surface area contributed by atoms with Crippen molar-refractivity contribution in [1.29, 1.82) is 0 Å². The second-order valence-corrected chi connectivity index (χ2v) is 4.70. The van der Waals surface area contributed by atoms with Gasteiger partial charge in [0.2, 0.25) is 0 Å². The van der Waals surface area contributed by atoms with Gasteiger partial charge in [-0.2, -0.15) is 0 Å². The van der Waals surface area contributed by atoms with Crippen molar-refractivity contribution in [1.82, 2.24) is 0 Å². The Balaban J connectivity index is 1.62. The van der Waals surface area contributed by atoms with E-state index in [0.29, 0.717) is 13.0 Å². The summed E-state index contributed by atoms with van der Waals surface area (Å²) >= 11 is 0. The standard InChI is InChI=1S/C15H18O3/c16-13-8-10-15(17,12-13)9-4-5-11-18-14-6-2-1-3-7-14/h1-3,6-8,10,17H,4-5,9,11-12H2. The van der Waals surface area contributed by atoms with Gasteiger partial charge in [0.25, 0.3) is 0 Å². The molecule has 1 unspecified atom stereocenters. The van der Waals surface area contributed by atoms with E-state index in [0.717, 1.165) is 18.6 Å². The first-order valence-corrected chi connectivity index (χ1v) is 6.30. The third kappa shape index (κ3) is 3.70. The lowest BCUT2D eigenvalue weighted by molar-refractivity contribution is -0.116. The second kappa shape index (κ2) is 5.83. The summed E-state index contributed by atoms with van der Waals surface area (Å²) in [5, 5.41) is 10.0. The summed E-state index contributed by atoms with van der Waals surface area (Å²) in [7, 11) is 0. The van der Waals surface area contributed by atoms with E-state index in [1.807, 2.05) is 30.3 Å². The Morgan fingerprint density at radius 2 is 2.00 bits per heavy atom. The molecule has 1 atom stereocenters. The number of allylic oxidation sites excluding steroid dienone is 1. The number of para-hydroxylation sites is 1. The summed E-state index contributed by atoms with van der Waals surface area (Å²) in [6, 6.07) is 9.67. The van der Waals surface area contributed by atoms with Crippen LogP contribution in [-0.4, -0.2) is 23.1 Å². The van der Waals surface area contributed by atoms with Crippen LogP contribution in [0.1, 0.15) is 25.7 Å². The van der Waals surface area contributed by atoms with Crippen molar-refractivity contribution in [3.63, 3.8) is 0 Å². The molecule has 0 saturated heterocycles. The molecule has 0 heterocycles. The maximum atomic E-state index is 11.1. The highest BCUT2D eigenvalue weighted by Gasteiger charge is 2.30. The van der Waals surface area contributed by atoms with E-state index in [4.69, 9.17) is 4.74 Å². The van der Waals surface area contributed by atoms with E-state index in [-0.39, 0.29) is 12.2 Å². The van der Waals surface area contributed by atoms with E-state index in [1.165, 1.54) is 6.08 Å². The zero-order valence-electron chi connectivity index (χ0n) is 10.3. The summed E-state index contributed by atoms with van der Waals surface area (Å²) < 4.78 is 5.56. The van der Waals surface area contributed by atoms with Crippen molar-refractivity contribution in [3.8, 4) is 5.75 Å². The van der Waals surface area contributed by atoms with Crippen molar-refractivity contribution in [3.05, 3.63) is 42.5 Å². The lowest BCUT2D eigenvalue weighted by Gasteiger charge is -2.19. The Morgan fingerprint density at radius 3 is 2.67 bits per heavy atom. The van der Waals surface area contributed by atoms with Crippen molar-refractivity contribution < 1.29 is 14.6 Å². The van der Waals surface area contributed by atoms with Gasteiger partial charge >= 0.3 is 0 Å². The number of carbonyl (C=O) groups excluding carboxylic acids is 1. The second-order valence-electron chi connectivity index (χ2n) is 4.70. The van der Waals surface area contributed by atoms with Gasteiger partial charge < -0.3 is 9.84 Å². The molecule has 0 aromatic heterocycles. The van der Waals surface area contributed by atoms with Gasteiger partial charge in [-0.3, -0.25) is 4.79 Å². The lowest BCUT2D eigenvalue weighted by atomic mass is 9.96. The van der Waals surface area contributed by atoms with E-state index in [9.17, 15) is 9.90 Å². The molecule has 96 valence electrons. The minimum atomic E-state index is -0.913. The third-order valence-electron chi connectivity index (χ3n) is 3.08. The minimum absolute atomic E-state index is 0.0121. The molecule has 0 amide bonds. The van der Waals surface area contributed by atoms with Crippen LogP contribution >= 0.6 is 0 Å². The van der Waals surface area contributed by atoms with Crippen molar-refractivity contribution in [2.45, 2.75) is 31.3 Å². The molecule has 1 aromatic carbocycles. The van der Waals surface area contributed by atoms with Gasteiger partial charge in [0.15, 0.2) is 5.78 Å². The van der Waals surface area contributed by atoms with Crippen molar-refractivity contribution in [2.75, 3.05) is 6.61 Å². The molecule has 0 radical (unpaired) electrons. The van der Waals surface area contributed by atoms with Crippen LogP contribution in [0.15, 0.2) is 42.5 Å². The number of hydrogen-bond acceptors (Lipinski definition) is 3. The molecule has 1 N–H and O–H groups in total. The number of carbonyl (C=O) groups is 1. The fraction of sp³-hybridized carbons (Fsp3) is 0.400. The normalized spacial score (nSPS) is 22.4. The van der Waals surface area contributed by atoms with E-state index in [2.05, 4.69) is 0 Å². The Bertz CT molecular complexity index is 425. The molecule has 1 aliphatic carbocycles. The van der Waals surface area contributed by atoms with Crippen LogP contribution in [0.5, 0.6) is 5.75 Å². The Labute approximate surface area is 107 Å². The smallest absolute Gasteiger partial charge is 0.158 e. The number of unbranched alkanes of at least 4 members (excludes halogenated alkanes) is 1. The van der Waals surface area contributed by atoms with Crippen LogP contribution in [0, 0.1) is 0 Å². The van der Waals surface area contributed by atoms with Crippen LogP contribution in [0.3, 0.4) is 0 Å². The van der Waals surface area contributed by atoms with Gasteiger partial charge in [0.1, 0.15) is 5.75 Å². The molecule has 3 nitrogen and oxygen atoms in total. The molecule has 2 rings (SSSR count). The molecular weight excluding hydrogens is 228 g/mol. The monoisotopic (exact) mass is 246 g/mol. The highest BCUT2D eigenvalue weighted by Crippen LogP contribution is 2.25. The average molecular weight is 246 g/mol. The van der Waals surface area contributed by atoms with E-state index >= 15 is 0 Å². The third-order valence-corrected chi connectivity index (χ3v) is 3.08. The maximum Gasteiger partial charge on any atom is 0.158 e. The Hall–Kier alpha value is -1.61. The number of ketones is 1. The fourth-order valence-electron chi connectivity index (χ4n) is 2.08. The van der Waals surface area contributed by atoms with Gasteiger partial charge in [-0.25, -0.2) is 0 Å². The van der Waals surface area contributed by atoms with Gasteiger partial charge in [-0.15, -0.1) is 0 Å². The highest BCUT2D eigenvalue weighted by molar-refractivity contribution is 5.93. The first-order chi connectivity index (χ1) is 8.68. The van der Waals surface area contributed by atoms with Crippen LogP contribution in [0.2, 0.25) is 0 Å². The molecule has 0 saturated carbocycles. The van der Waals surface area contributed by atoms with Gasteiger partial charge in [-0.1, -0.05) is 18.2 Å². The average Bonchev–Trinajstić information content (AvgIpc) is 2.70. The number of benzene rings is 1. The van der Waals surface area contributed by atoms with Crippen LogP contribution < -0.4 is 4.74 Å². The van der Waals surface area contributed by atoms with Crippen LogP contribution in [0.25, 0.3) is 0 Å². The molecule has 1 aromatic rings. The number of rotatable bonds is 6. The summed E-state index contributed by atoms with van der Waals surface area (Å²) in [4.78, 5) is 11.1. The molecule has 0 spiro atoms. The predicted octanol–water partition coefficient (Wildman–Crippen LogP) is 2.50. The van der Waals surface area contributed by atoms with E-state index < -0.39 is 5.60 Å². The van der Waals surface area contributed by atoms with Crippen molar-refractivity contribution >= 4 is 5.78 Å². The van der Waals surface area contributed by atoms with E-state index in [1.54, 1.807) is 6.08 Å². The first-order valence-electron chi connectivity index (χ1n) is 6.30. The van der Waals surface area contributed by atoms with Crippen molar-refractivity contribution in [2.24, 2.45) is 0 Å². The molecule has 1 aliphatic rings. The predicted molar refractivity (Wildman–Crippen MR) is 69.5 cm³/mol. The van der Waals surface area contributed by atoms with Gasteiger partial charge in [0, 0.05) is 6.42 Å². The summed E-state index contributed by atoms with van der Waals surface area (Å²) in [5.41, 5.74) is -0.913. The lowest BCUT2D eigenvalue weighted by Crippen LogP contribution is -2.24. The molecular formula is C15H18O3. The molecule has 0 fully saturated rings. The zero-order chi connectivity index (χ0) is 12.8. The van der Waals surface area contributed by atoms with Crippen LogP contribution in [-0.2, 0) is 4.79 Å². The molecule has 0 bridgehead atoms. The minimum Gasteiger partial charge on any atom is -0.494 e. The topological polar surface area (TPSA) is 46.5 Å². The maximum absolute atomic E-state index is 11.1. The first kappa shape index (κ1) is 12.8. The quantitative estimate of drug-likeness (QED) is 0.784.